The molecule has 2 aromatic rings. The lowest BCUT2D eigenvalue weighted by molar-refractivity contribution is -0.133. The van der Waals surface area contributed by atoms with Crippen molar-refractivity contribution in [1.82, 2.24) is 15.2 Å². The third-order valence-corrected chi connectivity index (χ3v) is 6.55. The Morgan fingerprint density at radius 1 is 1.17 bits per heavy atom. The summed E-state index contributed by atoms with van der Waals surface area (Å²) in [4.78, 5) is 31.2. The number of nitrogens with zero attached hydrogens (tertiary/aromatic N) is 2. The van der Waals surface area contributed by atoms with Crippen molar-refractivity contribution in [2.24, 2.45) is 0 Å². The van der Waals surface area contributed by atoms with Gasteiger partial charge in [0, 0.05) is 43.9 Å². The van der Waals surface area contributed by atoms with Gasteiger partial charge in [0.15, 0.2) is 0 Å². The number of hydrogen-bond donors (Lipinski definition) is 1. The highest BCUT2D eigenvalue weighted by molar-refractivity contribution is 5.94. The zero-order valence-corrected chi connectivity index (χ0v) is 17.6. The Kier molecular flexibility index (Phi) is 5.86. The van der Waals surface area contributed by atoms with Crippen molar-refractivity contribution >= 4 is 11.8 Å². The number of hydrogen-bond acceptors (Lipinski definition) is 4. The molecule has 30 heavy (non-hydrogen) atoms. The highest BCUT2D eigenvalue weighted by Gasteiger charge is 2.54. The van der Waals surface area contributed by atoms with Gasteiger partial charge in [0.05, 0.1) is 17.7 Å². The highest BCUT2D eigenvalue weighted by atomic mass is 16.5. The van der Waals surface area contributed by atoms with E-state index in [9.17, 15) is 9.59 Å². The Labute approximate surface area is 177 Å². The van der Waals surface area contributed by atoms with E-state index in [1.165, 1.54) is 5.56 Å². The van der Waals surface area contributed by atoms with Gasteiger partial charge in [0.25, 0.3) is 5.91 Å². The van der Waals surface area contributed by atoms with Crippen molar-refractivity contribution in [3.63, 3.8) is 0 Å². The van der Waals surface area contributed by atoms with Crippen LogP contribution in [0.4, 0.5) is 0 Å². The SMILES string of the molecule is CCO[C@@H]1[C@@H](NC(=O)c2cccnc2)c2ccccc2C12CCN(C(=O)CC)CC2. The summed E-state index contributed by atoms with van der Waals surface area (Å²) >= 11 is 0. The molecule has 2 heterocycles. The summed E-state index contributed by atoms with van der Waals surface area (Å²) in [5, 5.41) is 3.22. The fourth-order valence-corrected chi connectivity index (χ4v) is 5.10. The average molecular weight is 408 g/mol. The molecule has 2 aliphatic rings. The van der Waals surface area contributed by atoms with Gasteiger partial charge in [0.2, 0.25) is 5.91 Å². The summed E-state index contributed by atoms with van der Waals surface area (Å²) in [5.74, 6) is 0.0498. The largest absolute Gasteiger partial charge is 0.375 e. The number of rotatable bonds is 5. The molecular formula is C24H29N3O3. The predicted molar refractivity (Wildman–Crippen MR) is 114 cm³/mol. The Balaban J connectivity index is 1.66. The van der Waals surface area contributed by atoms with E-state index in [4.69, 9.17) is 4.74 Å². The van der Waals surface area contributed by atoms with E-state index in [1.807, 2.05) is 24.8 Å². The number of carbonyl (C=O) groups is 2. The minimum Gasteiger partial charge on any atom is -0.375 e. The molecule has 158 valence electrons. The topological polar surface area (TPSA) is 71.5 Å². The molecule has 1 aliphatic heterocycles. The summed E-state index contributed by atoms with van der Waals surface area (Å²) in [6, 6.07) is 11.6. The van der Waals surface area contributed by atoms with Crippen LogP contribution in [0.1, 0.15) is 60.6 Å². The molecule has 1 aromatic carbocycles. The van der Waals surface area contributed by atoms with E-state index >= 15 is 0 Å². The van der Waals surface area contributed by atoms with Crippen LogP contribution in [0.15, 0.2) is 48.8 Å². The van der Waals surface area contributed by atoms with Crippen LogP contribution in [-0.4, -0.2) is 47.5 Å². The van der Waals surface area contributed by atoms with Gasteiger partial charge in [-0.3, -0.25) is 14.6 Å². The summed E-state index contributed by atoms with van der Waals surface area (Å²) in [5.41, 5.74) is 2.69. The maximum Gasteiger partial charge on any atom is 0.253 e. The average Bonchev–Trinajstić information content (AvgIpc) is 3.04. The Morgan fingerprint density at radius 2 is 1.93 bits per heavy atom. The van der Waals surface area contributed by atoms with Crippen LogP contribution in [0.5, 0.6) is 0 Å². The van der Waals surface area contributed by atoms with Crippen LogP contribution in [0.2, 0.25) is 0 Å². The molecule has 1 aliphatic carbocycles. The zero-order chi connectivity index (χ0) is 21.1. The van der Waals surface area contributed by atoms with Crippen LogP contribution >= 0.6 is 0 Å². The lowest BCUT2D eigenvalue weighted by atomic mass is 9.71. The van der Waals surface area contributed by atoms with Gasteiger partial charge >= 0.3 is 0 Å². The number of aromatic nitrogens is 1. The minimum absolute atomic E-state index is 0.150. The van der Waals surface area contributed by atoms with Gasteiger partial charge in [-0.2, -0.15) is 0 Å². The van der Waals surface area contributed by atoms with Crippen molar-refractivity contribution in [1.29, 1.82) is 0 Å². The van der Waals surface area contributed by atoms with E-state index < -0.39 is 0 Å². The third kappa shape index (κ3) is 3.49. The minimum atomic E-state index is -0.234. The number of pyridine rings is 1. The number of likely N-dealkylation sites (tertiary alicyclic amines) is 1. The molecule has 0 radical (unpaired) electrons. The zero-order valence-electron chi connectivity index (χ0n) is 17.6. The van der Waals surface area contributed by atoms with Crippen LogP contribution in [-0.2, 0) is 14.9 Å². The number of nitrogens with one attached hydrogen (secondary N) is 1. The van der Waals surface area contributed by atoms with Crippen molar-refractivity contribution in [3.8, 4) is 0 Å². The molecule has 0 bridgehead atoms. The second kappa shape index (κ2) is 8.56. The fourth-order valence-electron chi connectivity index (χ4n) is 5.10. The van der Waals surface area contributed by atoms with Crippen LogP contribution in [0, 0.1) is 0 Å². The fraction of sp³-hybridized carbons (Fsp3) is 0.458. The molecule has 0 saturated carbocycles. The van der Waals surface area contributed by atoms with Crippen molar-refractivity contribution in [2.75, 3.05) is 19.7 Å². The van der Waals surface area contributed by atoms with E-state index in [0.717, 1.165) is 18.4 Å². The highest BCUT2D eigenvalue weighted by Crippen LogP contribution is 2.52. The molecule has 1 saturated heterocycles. The molecule has 2 atom stereocenters. The Hall–Kier alpha value is -2.73. The van der Waals surface area contributed by atoms with E-state index in [1.54, 1.807) is 24.5 Å². The van der Waals surface area contributed by atoms with Gasteiger partial charge in [-0.15, -0.1) is 0 Å². The predicted octanol–water partition coefficient (Wildman–Crippen LogP) is 3.24. The lowest BCUT2D eigenvalue weighted by Gasteiger charge is -2.44. The molecule has 0 unspecified atom stereocenters. The monoisotopic (exact) mass is 407 g/mol. The first kappa shape index (κ1) is 20.5. The maximum atomic E-state index is 13.0. The molecule has 1 spiro atoms. The van der Waals surface area contributed by atoms with E-state index in [0.29, 0.717) is 31.7 Å². The number of amides is 2. The number of ether oxygens (including phenoxy) is 1. The van der Waals surface area contributed by atoms with Gasteiger partial charge < -0.3 is 15.0 Å². The third-order valence-electron chi connectivity index (χ3n) is 6.55. The van der Waals surface area contributed by atoms with Crippen LogP contribution in [0.25, 0.3) is 0 Å². The molecule has 6 nitrogen and oxygen atoms in total. The second-order valence-electron chi connectivity index (χ2n) is 8.05. The van der Waals surface area contributed by atoms with E-state index in [-0.39, 0.29) is 29.4 Å². The molecule has 6 heteroatoms. The summed E-state index contributed by atoms with van der Waals surface area (Å²) in [6.45, 7) is 5.90. The molecule has 1 aromatic heterocycles. The maximum absolute atomic E-state index is 13.0. The summed E-state index contributed by atoms with van der Waals surface area (Å²) < 4.78 is 6.32. The number of fused-ring (bicyclic) bond motifs is 2. The summed E-state index contributed by atoms with van der Waals surface area (Å²) in [7, 11) is 0. The van der Waals surface area contributed by atoms with E-state index in [2.05, 4.69) is 28.5 Å². The molecule has 2 amide bonds. The Bertz CT molecular complexity index is 907. The quantitative estimate of drug-likeness (QED) is 0.826. The molecule has 4 rings (SSSR count). The second-order valence-corrected chi connectivity index (χ2v) is 8.05. The Morgan fingerprint density at radius 3 is 2.60 bits per heavy atom. The molecule has 1 N–H and O–H groups in total. The first-order chi connectivity index (χ1) is 14.6. The lowest BCUT2D eigenvalue weighted by Crippen LogP contribution is -2.52. The summed E-state index contributed by atoms with van der Waals surface area (Å²) in [6.07, 6.45) is 5.27. The van der Waals surface area contributed by atoms with Gasteiger partial charge in [-0.1, -0.05) is 31.2 Å². The first-order valence-corrected chi connectivity index (χ1v) is 10.8. The van der Waals surface area contributed by atoms with Gasteiger partial charge in [-0.05, 0) is 43.0 Å². The molecule has 1 fully saturated rings. The smallest absolute Gasteiger partial charge is 0.253 e. The number of piperidine rings is 1. The van der Waals surface area contributed by atoms with Crippen molar-refractivity contribution < 1.29 is 14.3 Å². The van der Waals surface area contributed by atoms with Gasteiger partial charge in [0.1, 0.15) is 0 Å². The standard InChI is InChI=1S/C24H29N3O3/c1-3-20(28)27-14-11-24(12-15-27)19-10-6-5-9-18(19)21(22(24)30-4-2)26-23(29)17-8-7-13-25-16-17/h5-10,13,16,21-22H,3-4,11-12,14-15H2,1-2H3,(H,26,29)/t21-,22+/m0/s1. The van der Waals surface area contributed by atoms with Crippen LogP contribution < -0.4 is 5.32 Å². The number of benzene rings is 1. The van der Waals surface area contributed by atoms with Gasteiger partial charge in [-0.25, -0.2) is 0 Å². The van der Waals surface area contributed by atoms with Crippen LogP contribution in [0.3, 0.4) is 0 Å². The van der Waals surface area contributed by atoms with Crippen molar-refractivity contribution in [2.45, 2.75) is 50.7 Å². The number of carbonyl (C=O) groups excluding carboxylic acids is 2. The first-order valence-electron chi connectivity index (χ1n) is 10.8. The normalized spacial score (nSPS) is 22.0. The van der Waals surface area contributed by atoms with Crippen molar-refractivity contribution in [3.05, 3.63) is 65.5 Å². The molecular weight excluding hydrogens is 378 g/mol.